The van der Waals surface area contributed by atoms with Gasteiger partial charge in [0.2, 0.25) is 0 Å². The van der Waals surface area contributed by atoms with Crippen LogP contribution >= 0.6 is 15.9 Å². The molecule has 2 aromatic carbocycles. The Balaban J connectivity index is 1.97. The smallest absolute Gasteiger partial charge is 0.127 e. The third-order valence-corrected chi connectivity index (χ3v) is 4.30. The SMILES string of the molecule is Cc1ccc(C2C[C@H](O)c3cc(Br)ccc3O2)c(C)c1. The van der Waals surface area contributed by atoms with E-state index in [9.17, 15) is 5.11 Å². The zero-order valence-corrected chi connectivity index (χ0v) is 13.1. The van der Waals surface area contributed by atoms with E-state index in [-0.39, 0.29) is 6.10 Å². The topological polar surface area (TPSA) is 29.5 Å². The Morgan fingerprint density at radius 1 is 1.10 bits per heavy atom. The van der Waals surface area contributed by atoms with Crippen molar-refractivity contribution < 1.29 is 9.84 Å². The average molecular weight is 333 g/mol. The van der Waals surface area contributed by atoms with Crippen molar-refractivity contribution in [1.82, 2.24) is 0 Å². The van der Waals surface area contributed by atoms with Gasteiger partial charge in [0.05, 0.1) is 6.10 Å². The van der Waals surface area contributed by atoms with Crippen LogP contribution in [0.4, 0.5) is 0 Å². The van der Waals surface area contributed by atoms with E-state index >= 15 is 0 Å². The minimum absolute atomic E-state index is 0.0840. The number of halogens is 1. The molecular weight excluding hydrogens is 316 g/mol. The molecule has 3 rings (SSSR count). The van der Waals surface area contributed by atoms with Crippen molar-refractivity contribution in [2.45, 2.75) is 32.5 Å². The summed E-state index contributed by atoms with van der Waals surface area (Å²) in [4.78, 5) is 0. The molecule has 2 aromatic rings. The molecule has 0 radical (unpaired) electrons. The number of benzene rings is 2. The molecule has 0 spiro atoms. The molecule has 2 nitrogen and oxygen atoms in total. The van der Waals surface area contributed by atoms with Crippen molar-refractivity contribution in [3.8, 4) is 5.75 Å². The highest BCUT2D eigenvalue weighted by atomic mass is 79.9. The molecule has 0 aliphatic carbocycles. The number of ether oxygens (including phenoxy) is 1. The summed E-state index contributed by atoms with van der Waals surface area (Å²) < 4.78 is 7.05. The van der Waals surface area contributed by atoms with E-state index in [0.717, 1.165) is 21.3 Å². The van der Waals surface area contributed by atoms with Gasteiger partial charge in [-0.05, 0) is 43.2 Å². The van der Waals surface area contributed by atoms with Crippen molar-refractivity contribution >= 4 is 15.9 Å². The molecule has 1 unspecified atom stereocenters. The Labute approximate surface area is 127 Å². The van der Waals surface area contributed by atoms with E-state index < -0.39 is 6.10 Å². The zero-order chi connectivity index (χ0) is 14.3. The van der Waals surface area contributed by atoms with Gasteiger partial charge in [0, 0.05) is 16.5 Å². The van der Waals surface area contributed by atoms with Crippen LogP contribution < -0.4 is 4.74 Å². The maximum atomic E-state index is 10.4. The van der Waals surface area contributed by atoms with Gasteiger partial charge in [-0.25, -0.2) is 0 Å². The molecule has 1 aliphatic heterocycles. The van der Waals surface area contributed by atoms with E-state index in [2.05, 4.69) is 48.0 Å². The van der Waals surface area contributed by atoms with Gasteiger partial charge in [0.1, 0.15) is 11.9 Å². The Morgan fingerprint density at radius 2 is 1.90 bits per heavy atom. The third kappa shape index (κ3) is 2.48. The van der Waals surface area contributed by atoms with E-state index in [0.29, 0.717) is 6.42 Å². The summed E-state index contributed by atoms with van der Waals surface area (Å²) >= 11 is 3.43. The van der Waals surface area contributed by atoms with Crippen LogP contribution in [0.3, 0.4) is 0 Å². The second-order valence-electron chi connectivity index (χ2n) is 5.40. The molecule has 20 heavy (non-hydrogen) atoms. The maximum absolute atomic E-state index is 10.4. The molecule has 1 aliphatic rings. The summed E-state index contributed by atoms with van der Waals surface area (Å²) in [5.74, 6) is 0.775. The summed E-state index contributed by atoms with van der Waals surface area (Å²) in [5, 5.41) is 10.4. The van der Waals surface area contributed by atoms with E-state index in [1.54, 1.807) is 0 Å². The lowest BCUT2D eigenvalue weighted by atomic mass is 9.92. The fraction of sp³-hybridized carbons (Fsp3) is 0.294. The first-order valence-electron chi connectivity index (χ1n) is 6.76. The van der Waals surface area contributed by atoms with E-state index in [1.165, 1.54) is 11.1 Å². The van der Waals surface area contributed by atoms with Crippen molar-refractivity contribution in [1.29, 1.82) is 0 Å². The number of rotatable bonds is 1. The van der Waals surface area contributed by atoms with Gasteiger partial charge in [0.15, 0.2) is 0 Å². The largest absolute Gasteiger partial charge is 0.485 e. The molecule has 3 heteroatoms. The summed E-state index contributed by atoms with van der Waals surface area (Å²) in [5.41, 5.74) is 4.47. The predicted octanol–water partition coefficient (Wildman–Crippen LogP) is 4.62. The lowest BCUT2D eigenvalue weighted by Crippen LogP contribution is -2.19. The molecule has 0 fully saturated rings. The van der Waals surface area contributed by atoms with Gasteiger partial charge in [-0.3, -0.25) is 0 Å². The quantitative estimate of drug-likeness (QED) is 0.825. The fourth-order valence-electron chi connectivity index (χ4n) is 2.80. The van der Waals surface area contributed by atoms with Crippen LogP contribution in [-0.2, 0) is 0 Å². The first-order valence-corrected chi connectivity index (χ1v) is 7.55. The summed E-state index contributed by atoms with van der Waals surface area (Å²) in [7, 11) is 0. The molecule has 1 heterocycles. The molecule has 0 aromatic heterocycles. The van der Waals surface area contributed by atoms with Gasteiger partial charge in [-0.2, -0.15) is 0 Å². The number of aliphatic hydroxyl groups excluding tert-OH is 1. The molecule has 2 atom stereocenters. The predicted molar refractivity (Wildman–Crippen MR) is 83.0 cm³/mol. The number of hydrogen-bond acceptors (Lipinski definition) is 2. The minimum atomic E-state index is -0.484. The van der Waals surface area contributed by atoms with Gasteiger partial charge in [0.25, 0.3) is 0 Å². The molecule has 0 bridgehead atoms. The molecule has 0 saturated carbocycles. The van der Waals surface area contributed by atoms with Crippen LogP contribution in [0.5, 0.6) is 5.75 Å². The Kier molecular flexibility index (Phi) is 3.57. The molecule has 0 saturated heterocycles. The average Bonchev–Trinajstić information content (AvgIpc) is 2.39. The van der Waals surface area contributed by atoms with Crippen molar-refractivity contribution in [2.24, 2.45) is 0 Å². The van der Waals surface area contributed by atoms with Gasteiger partial charge >= 0.3 is 0 Å². The van der Waals surface area contributed by atoms with Crippen LogP contribution in [0.1, 0.15) is 40.9 Å². The minimum Gasteiger partial charge on any atom is -0.485 e. The van der Waals surface area contributed by atoms with Gasteiger partial charge < -0.3 is 9.84 Å². The van der Waals surface area contributed by atoms with Gasteiger partial charge in [-0.15, -0.1) is 0 Å². The number of fused-ring (bicyclic) bond motifs is 1. The normalized spacial score (nSPS) is 21.2. The van der Waals surface area contributed by atoms with Crippen LogP contribution in [0.15, 0.2) is 40.9 Å². The maximum Gasteiger partial charge on any atom is 0.127 e. The Hall–Kier alpha value is -1.32. The molecule has 104 valence electrons. The van der Waals surface area contributed by atoms with Gasteiger partial charge in [-0.1, -0.05) is 39.7 Å². The fourth-order valence-corrected chi connectivity index (χ4v) is 3.17. The molecular formula is C17H17BrO2. The van der Waals surface area contributed by atoms with Crippen LogP contribution in [0.2, 0.25) is 0 Å². The first-order chi connectivity index (χ1) is 9.54. The second kappa shape index (κ2) is 5.23. The highest BCUT2D eigenvalue weighted by Gasteiger charge is 2.28. The lowest BCUT2D eigenvalue weighted by molar-refractivity contribution is 0.0654. The summed E-state index contributed by atoms with van der Waals surface area (Å²) in [6, 6.07) is 12.1. The van der Waals surface area contributed by atoms with Crippen LogP contribution in [0.25, 0.3) is 0 Å². The summed E-state index contributed by atoms with van der Waals surface area (Å²) in [6.45, 7) is 4.18. The first kappa shape index (κ1) is 13.7. The molecule has 1 N–H and O–H groups in total. The van der Waals surface area contributed by atoms with E-state index in [4.69, 9.17) is 4.74 Å². The van der Waals surface area contributed by atoms with E-state index in [1.807, 2.05) is 18.2 Å². The monoisotopic (exact) mass is 332 g/mol. The van der Waals surface area contributed by atoms with Crippen molar-refractivity contribution in [3.05, 3.63) is 63.1 Å². The number of aryl methyl sites for hydroxylation is 2. The molecule has 0 amide bonds. The number of aliphatic hydroxyl groups is 1. The third-order valence-electron chi connectivity index (χ3n) is 3.81. The van der Waals surface area contributed by atoms with Crippen molar-refractivity contribution in [3.63, 3.8) is 0 Å². The van der Waals surface area contributed by atoms with Crippen LogP contribution in [0, 0.1) is 13.8 Å². The van der Waals surface area contributed by atoms with Crippen LogP contribution in [-0.4, -0.2) is 5.11 Å². The Bertz CT molecular complexity index is 651. The zero-order valence-electron chi connectivity index (χ0n) is 11.6. The van der Waals surface area contributed by atoms with Crippen molar-refractivity contribution in [2.75, 3.05) is 0 Å². The Morgan fingerprint density at radius 3 is 2.65 bits per heavy atom. The highest BCUT2D eigenvalue weighted by Crippen LogP contribution is 2.42. The standard InChI is InChI=1S/C17H17BrO2/c1-10-3-5-13(11(2)7-10)17-9-15(19)14-8-12(18)4-6-16(14)20-17/h3-8,15,17,19H,9H2,1-2H3/t15-,17?/m0/s1. The lowest BCUT2D eigenvalue weighted by Gasteiger charge is -2.31. The highest BCUT2D eigenvalue weighted by molar-refractivity contribution is 9.10. The second-order valence-corrected chi connectivity index (χ2v) is 6.32. The number of hydrogen-bond donors (Lipinski definition) is 1. The summed E-state index contributed by atoms with van der Waals surface area (Å²) in [6.07, 6.45) is 0.0223.